The largest absolute Gasteiger partial charge is 0.497 e. The standard InChI is InChI=1S/C17H22O2/c1-19-15-4-2-14(3-5-15)17-9-11-6-12(10-17)8-13(7-11)16(17)18/h2-5,11-13,16,18H,6-10H2,1H3/t11-,12+,13?,16?,17?. The van der Waals surface area contributed by atoms with Crippen molar-refractivity contribution in [1.29, 1.82) is 0 Å². The van der Waals surface area contributed by atoms with Crippen molar-refractivity contribution < 1.29 is 9.84 Å². The summed E-state index contributed by atoms with van der Waals surface area (Å²) >= 11 is 0. The maximum Gasteiger partial charge on any atom is 0.118 e. The van der Waals surface area contributed by atoms with Crippen molar-refractivity contribution in [3.05, 3.63) is 29.8 Å². The Kier molecular flexibility index (Phi) is 2.47. The highest BCUT2D eigenvalue weighted by Crippen LogP contribution is 2.60. The molecule has 0 spiro atoms. The van der Waals surface area contributed by atoms with Crippen LogP contribution >= 0.6 is 0 Å². The number of ether oxygens (including phenoxy) is 1. The van der Waals surface area contributed by atoms with Crippen LogP contribution in [-0.2, 0) is 5.41 Å². The number of aliphatic hydroxyl groups excluding tert-OH is 1. The Balaban J connectivity index is 1.74. The van der Waals surface area contributed by atoms with Gasteiger partial charge in [0.2, 0.25) is 0 Å². The van der Waals surface area contributed by atoms with E-state index >= 15 is 0 Å². The second-order valence-electron chi connectivity index (χ2n) is 6.94. The lowest BCUT2D eigenvalue weighted by atomic mass is 9.46. The summed E-state index contributed by atoms with van der Waals surface area (Å²) in [6, 6.07) is 8.44. The van der Waals surface area contributed by atoms with Crippen LogP contribution in [0.3, 0.4) is 0 Å². The molecule has 0 saturated heterocycles. The first kappa shape index (κ1) is 11.8. The van der Waals surface area contributed by atoms with E-state index in [9.17, 15) is 5.11 Å². The van der Waals surface area contributed by atoms with Crippen molar-refractivity contribution in [2.75, 3.05) is 7.11 Å². The molecule has 0 aromatic heterocycles. The molecule has 4 bridgehead atoms. The summed E-state index contributed by atoms with van der Waals surface area (Å²) in [5.41, 5.74) is 1.38. The lowest BCUT2D eigenvalue weighted by Gasteiger charge is -2.59. The van der Waals surface area contributed by atoms with Crippen molar-refractivity contribution in [2.24, 2.45) is 17.8 Å². The van der Waals surface area contributed by atoms with E-state index in [-0.39, 0.29) is 11.5 Å². The Bertz CT molecular complexity index is 465. The molecule has 2 nitrogen and oxygen atoms in total. The zero-order valence-electron chi connectivity index (χ0n) is 11.5. The monoisotopic (exact) mass is 258 g/mol. The molecular formula is C17H22O2. The van der Waals surface area contributed by atoms with Gasteiger partial charge in [-0.25, -0.2) is 0 Å². The molecule has 4 saturated carbocycles. The minimum atomic E-state index is -0.131. The van der Waals surface area contributed by atoms with Gasteiger partial charge >= 0.3 is 0 Å². The molecule has 4 fully saturated rings. The molecule has 0 amide bonds. The highest BCUT2D eigenvalue weighted by atomic mass is 16.5. The van der Waals surface area contributed by atoms with Gasteiger partial charge in [-0.05, 0) is 67.6 Å². The molecule has 102 valence electrons. The molecule has 1 N–H and O–H groups in total. The van der Waals surface area contributed by atoms with E-state index in [1.807, 2.05) is 12.1 Å². The molecule has 19 heavy (non-hydrogen) atoms. The van der Waals surface area contributed by atoms with Gasteiger partial charge in [0.25, 0.3) is 0 Å². The molecule has 1 aromatic carbocycles. The third-order valence-electron chi connectivity index (χ3n) is 5.92. The highest BCUT2D eigenvalue weighted by molar-refractivity contribution is 5.36. The zero-order chi connectivity index (χ0) is 13.0. The topological polar surface area (TPSA) is 29.5 Å². The quantitative estimate of drug-likeness (QED) is 0.883. The van der Waals surface area contributed by atoms with E-state index in [0.29, 0.717) is 5.92 Å². The lowest BCUT2D eigenvalue weighted by Crippen LogP contribution is -2.58. The van der Waals surface area contributed by atoms with Gasteiger partial charge in [0, 0.05) is 5.41 Å². The van der Waals surface area contributed by atoms with Crippen LogP contribution in [0.1, 0.15) is 37.7 Å². The smallest absolute Gasteiger partial charge is 0.118 e. The summed E-state index contributed by atoms with van der Waals surface area (Å²) in [5, 5.41) is 10.8. The third-order valence-corrected chi connectivity index (χ3v) is 5.92. The predicted octanol–water partition coefficient (Wildman–Crippen LogP) is 3.13. The Morgan fingerprint density at radius 2 is 1.68 bits per heavy atom. The first-order valence-electron chi connectivity index (χ1n) is 7.54. The zero-order valence-corrected chi connectivity index (χ0v) is 11.5. The minimum absolute atomic E-state index is 0.0427. The van der Waals surface area contributed by atoms with Crippen LogP contribution in [0, 0.1) is 17.8 Å². The van der Waals surface area contributed by atoms with Crippen LogP contribution in [0.25, 0.3) is 0 Å². The van der Waals surface area contributed by atoms with E-state index < -0.39 is 0 Å². The molecule has 4 aliphatic carbocycles. The normalized spacial score (nSPS) is 43.5. The van der Waals surface area contributed by atoms with E-state index in [4.69, 9.17) is 4.74 Å². The van der Waals surface area contributed by atoms with Crippen LogP contribution in [0.2, 0.25) is 0 Å². The average Bonchev–Trinajstić information content (AvgIpc) is 2.44. The van der Waals surface area contributed by atoms with Crippen molar-refractivity contribution in [3.8, 4) is 5.75 Å². The Morgan fingerprint density at radius 1 is 1.05 bits per heavy atom. The Labute approximate surface area is 114 Å². The van der Waals surface area contributed by atoms with E-state index in [1.54, 1.807) is 7.11 Å². The van der Waals surface area contributed by atoms with Crippen molar-refractivity contribution in [2.45, 2.75) is 43.6 Å². The Hall–Kier alpha value is -1.02. The third kappa shape index (κ3) is 1.59. The van der Waals surface area contributed by atoms with Gasteiger partial charge in [-0.1, -0.05) is 12.1 Å². The summed E-state index contributed by atoms with van der Waals surface area (Å²) in [6.45, 7) is 0. The maximum absolute atomic E-state index is 10.8. The fourth-order valence-electron chi connectivity index (χ4n) is 5.34. The summed E-state index contributed by atoms with van der Waals surface area (Å²) in [6.07, 6.45) is 6.17. The van der Waals surface area contributed by atoms with Crippen LogP contribution < -0.4 is 4.74 Å². The minimum Gasteiger partial charge on any atom is -0.497 e. The second kappa shape index (κ2) is 3.99. The van der Waals surface area contributed by atoms with Gasteiger partial charge < -0.3 is 9.84 Å². The molecule has 1 aromatic rings. The van der Waals surface area contributed by atoms with Crippen molar-refractivity contribution in [3.63, 3.8) is 0 Å². The van der Waals surface area contributed by atoms with E-state index in [1.165, 1.54) is 37.7 Å². The van der Waals surface area contributed by atoms with Crippen molar-refractivity contribution >= 4 is 0 Å². The fraction of sp³-hybridized carbons (Fsp3) is 0.647. The van der Waals surface area contributed by atoms with E-state index in [0.717, 1.165) is 17.6 Å². The lowest BCUT2D eigenvalue weighted by molar-refractivity contribution is -0.113. The first-order valence-corrected chi connectivity index (χ1v) is 7.54. The van der Waals surface area contributed by atoms with E-state index in [2.05, 4.69) is 12.1 Å². The van der Waals surface area contributed by atoms with Gasteiger partial charge in [0.15, 0.2) is 0 Å². The first-order chi connectivity index (χ1) is 9.21. The molecule has 4 aliphatic rings. The predicted molar refractivity (Wildman–Crippen MR) is 74.2 cm³/mol. The number of hydrogen-bond acceptors (Lipinski definition) is 2. The van der Waals surface area contributed by atoms with Gasteiger partial charge in [0.05, 0.1) is 13.2 Å². The molecule has 0 aliphatic heterocycles. The molecule has 5 rings (SSSR count). The highest BCUT2D eigenvalue weighted by Gasteiger charge is 2.57. The average molecular weight is 258 g/mol. The number of rotatable bonds is 2. The van der Waals surface area contributed by atoms with Gasteiger partial charge in [-0.2, -0.15) is 0 Å². The van der Waals surface area contributed by atoms with Crippen LogP contribution in [-0.4, -0.2) is 18.3 Å². The van der Waals surface area contributed by atoms with Crippen LogP contribution in [0.5, 0.6) is 5.75 Å². The molecule has 0 radical (unpaired) electrons. The maximum atomic E-state index is 10.8. The van der Waals surface area contributed by atoms with Gasteiger partial charge in [-0.3, -0.25) is 0 Å². The number of methoxy groups -OCH3 is 1. The number of benzene rings is 1. The molecule has 5 atom stereocenters. The Morgan fingerprint density at radius 3 is 2.26 bits per heavy atom. The SMILES string of the molecule is COc1ccc(C23C[C@@H]4CC(C[C@@H](C4)C2)C3O)cc1. The summed E-state index contributed by atoms with van der Waals surface area (Å²) < 4.78 is 5.25. The number of aliphatic hydroxyl groups is 1. The summed E-state index contributed by atoms with van der Waals surface area (Å²) in [5.74, 6) is 3.15. The van der Waals surface area contributed by atoms with Crippen LogP contribution in [0.4, 0.5) is 0 Å². The van der Waals surface area contributed by atoms with Gasteiger partial charge in [-0.15, -0.1) is 0 Å². The van der Waals surface area contributed by atoms with Gasteiger partial charge in [0.1, 0.15) is 5.75 Å². The molecule has 2 heteroatoms. The number of hydrogen-bond donors (Lipinski definition) is 1. The van der Waals surface area contributed by atoms with Crippen molar-refractivity contribution in [1.82, 2.24) is 0 Å². The molecule has 0 heterocycles. The summed E-state index contributed by atoms with van der Waals surface area (Å²) in [7, 11) is 1.70. The van der Waals surface area contributed by atoms with Crippen LogP contribution in [0.15, 0.2) is 24.3 Å². The molecule has 3 unspecified atom stereocenters. The fourth-order valence-corrected chi connectivity index (χ4v) is 5.34. The summed E-state index contributed by atoms with van der Waals surface area (Å²) in [4.78, 5) is 0. The second-order valence-corrected chi connectivity index (χ2v) is 6.94. The molecular weight excluding hydrogens is 236 g/mol.